The van der Waals surface area contributed by atoms with Crippen molar-refractivity contribution in [1.29, 1.82) is 5.26 Å². The van der Waals surface area contributed by atoms with Crippen molar-refractivity contribution in [2.45, 2.75) is 26.7 Å². The van der Waals surface area contributed by atoms with Gasteiger partial charge in [0, 0.05) is 21.7 Å². The number of aryl methyl sites for hydroxylation is 1. The number of nitrogens with one attached hydrogen (secondary N) is 1. The third-order valence-corrected chi connectivity index (χ3v) is 6.73. The second kappa shape index (κ2) is 8.59. The van der Waals surface area contributed by atoms with Gasteiger partial charge in [-0.15, -0.1) is 11.3 Å². The zero-order valence-corrected chi connectivity index (χ0v) is 17.5. The molecule has 0 bridgehead atoms. The van der Waals surface area contributed by atoms with Crippen molar-refractivity contribution in [3.63, 3.8) is 0 Å². The monoisotopic (exact) mass is 408 g/mol. The van der Waals surface area contributed by atoms with Crippen LogP contribution in [0.1, 0.15) is 40.6 Å². The minimum atomic E-state index is -0.391. The number of thioether (sulfide) groups is 1. The minimum absolute atomic E-state index is 0.0000384. The number of allylic oxidation sites excluding steroid dienone is 3. The first kappa shape index (κ1) is 20.1. The zero-order chi connectivity index (χ0) is 20.3. The van der Waals surface area contributed by atoms with Gasteiger partial charge < -0.3 is 5.32 Å². The summed E-state index contributed by atoms with van der Waals surface area (Å²) in [6, 6.07) is 13.4. The first-order chi connectivity index (χ1) is 13.4. The van der Waals surface area contributed by atoms with E-state index in [1.54, 1.807) is 23.5 Å². The Bertz CT molecular complexity index is 1030. The molecule has 3 rings (SSSR count). The molecule has 1 atom stereocenters. The fourth-order valence-electron chi connectivity index (χ4n) is 3.28. The second-order valence-corrected chi connectivity index (χ2v) is 8.49. The van der Waals surface area contributed by atoms with Crippen LogP contribution in [0.5, 0.6) is 0 Å². The van der Waals surface area contributed by atoms with Gasteiger partial charge in [-0.25, -0.2) is 0 Å². The first-order valence-electron chi connectivity index (χ1n) is 8.82. The van der Waals surface area contributed by atoms with Gasteiger partial charge in [0.05, 0.1) is 28.3 Å². The fourth-order valence-corrected chi connectivity index (χ4v) is 5.31. The van der Waals surface area contributed by atoms with Crippen LogP contribution in [-0.2, 0) is 4.79 Å². The minimum Gasteiger partial charge on any atom is -0.353 e. The highest BCUT2D eigenvalue weighted by molar-refractivity contribution is 8.03. The average Bonchev–Trinajstić information content (AvgIpc) is 3.11. The number of ketones is 2. The highest BCUT2D eigenvalue weighted by Crippen LogP contribution is 2.43. The lowest BCUT2D eigenvalue weighted by atomic mass is 9.84. The van der Waals surface area contributed by atoms with E-state index < -0.39 is 5.92 Å². The average molecular weight is 409 g/mol. The highest BCUT2D eigenvalue weighted by Gasteiger charge is 2.34. The Balaban J connectivity index is 1.96. The van der Waals surface area contributed by atoms with E-state index in [9.17, 15) is 14.9 Å². The van der Waals surface area contributed by atoms with E-state index in [0.29, 0.717) is 21.7 Å². The summed E-state index contributed by atoms with van der Waals surface area (Å²) < 4.78 is 0. The van der Waals surface area contributed by atoms with E-state index in [1.165, 1.54) is 18.7 Å². The molecule has 0 saturated carbocycles. The number of dihydropyridines is 1. The molecule has 1 N–H and O–H groups in total. The van der Waals surface area contributed by atoms with Crippen LogP contribution in [0.4, 0.5) is 0 Å². The van der Waals surface area contributed by atoms with Gasteiger partial charge in [-0.3, -0.25) is 9.59 Å². The molecule has 0 unspecified atom stereocenters. The Labute approximate surface area is 173 Å². The number of nitrogens with zero attached hydrogens (tertiary/aromatic N) is 1. The maximum absolute atomic E-state index is 12.5. The second-order valence-electron chi connectivity index (χ2n) is 6.55. The van der Waals surface area contributed by atoms with Crippen LogP contribution in [0.25, 0.3) is 0 Å². The lowest BCUT2D eigenvalue weighted by Gasteiger charge is -2.29. The third-order valence-electron chi connectivity index (χ3n) is 4.63. The van der Waals surface area contributed by atoms with Gasteiger partial charge >= 0.3 is 0 Å². The molecule has 2 heterocycles. The summed E-state index contributed by atoms with van der Waals surface area (Å²) >= 11 is 2.86. The van der Waals surface area contributed by atoms with E-state index >= 15 is 0 Å². The number of hydrogen-bond donors (Lipinski definition) is 1. The smallest absolute Gasteiger partial charge is 0.173 e. The number of rotatable bonds is 6. The first-order valence-corrected chi connectivity index (χ1v) is 10.7. The summed E-state index contributed by atoms with van der Waals surface area (Å²) in [5.74, 6) is -0.228. The summed E-state index contributed by atoms with van der Waals surface area (Å²) in [5.41, 5.74) is 3.54. The zero-order valence-electron chi connectivity index (χ0n) is 15.9. The number of benzene rings is 1. The van der Waals surface area contributed by atoms with Gasteiger partial charge in [-0.1, -0.05) is 42.1 Å². The number of nitriles is 1. The summed E-state index contributed by atoms with van der Waals surface area (Å²) in [5, 5.41) is 15.7. The molecule has 0 aliphatic carbocycles. The van der Waals surface area contributed by atoms with Crippen molar-refractivity contribution in [3.05, 3.63) is 79.7 Å². The fraction of sp³-hybridized carbons (Fsp3) is 0.227. The van der Waals surface area contributed by atoms with Crippen molar-refractivity contribution in [2.75, 3.05) is 5.75 Å². The Kier molecular flexibility index (Phi) is 6.18. The maximum Gasteiger partial charge on any atom is 0.173 e. The van der Waals surface area contributed by atoms with Gasteiger partial charge in [-0.05, 0) is 37.8 Å². The van der Waals surface area contributed by atoms with E-state index in [0.717, 1.165) is 16.1 Å². The molecule has 0 fully saturated rings. The molecule has 142 valence electrons. The van der Waals surface area contributed by atoms with Crippen LogP contribution in [-0.4, -0.2) is 17.3 Å². The van der Waals surface area contributed by atoms with E-state index in [2.05, 4.69) is 11.4 Å². The van der Waals surface area contributed by atoms with Crippen LogP contribution in [0.3, 0.4) is 0 Å². The van der Waals surface area contributed by atoms with Crippen LogP contribution < -0.4 is 5.32 Å². The van der Waals surface area contributed by atoms with Crippen LogP contribution in [0.15, 0.2) is 63.7 Å². The van der Waals surface area contributed by atoms with E-state index in [1.807, 2.05) is 43.5 Å². The Morgan fingerprint density at radius 3 is 2.50 bits per heavy atom. The summed E-state index contributed by atoms with van der Waals surface area (Å²) in [6.07, 6.45) is 0. The topological polar surface area (TPSA) is 70.0 Å². The molecule has 1 aromatic heterocycles. The predicted molar refractivity (Wildman–Crippen MR) is 114 cm³/mol. The van der Waals surface area contributed by atoms with E-state index in [-0.39, 0.29) is 17.3 Å². The van der Waals surface area contributed by atoms with Crippen molar-refractivity contribution in [1.82, 2.24) is 5.32 Å². The SMILES string of the molecule is CC(=O)C1=C(C)NC(SCC(=O)c2ccccc2)=C(C#N)[C@H]1c1sccc1C. The summed E-state index contributed by atoms with van der Waals surface area (Å²) in [7, 11) is 0. The maximum atomic E-state index is 12.5. The molecule has 0 saturated heterocycles. The van der Waals surface area contributed by atoms with Gasteiger partial charge in [-0.2, -0.15) is 5.26 Å². The Hall–Kier alpha value is -2.62. The van der Waals surface area contributed by atoms with Crippen LogP contribution in [0.2, 0.25) is 0 Å². The normalized spacial score (nSPS) is 16.6. The number of carbonyl (C=O) groups is 2. The molecular formula is C22H20N2O2S2. The molecule has 1 aliphatic rings. The Morgan fingerprint density at radius 1 is 1.21 bits per heavy atom. The predicted octanol–water partition coefficient (Wildman–Crippen LogP) is 4.96. The number of Topliss-reactive ketones (excluding diaryl/α,β-unsaturated/α-hetero) is 2. The molecule has 1 aromatic carbocycles. The molecule has 4 nitrogen and oxygen atoms in total. The van der Waals surface area contributed by atoms with Crippen LogP contribution >= 0.6 is 23.1 Å². The van der Waals surface area contributed by atoms with Crippen molar-refractivity contribution in [3.8, 4) is 6.07 Å². The van der Waals surface area contributed by atoms with Crippen molar-refractivity contribution in [2.24, 2.45) is 0 Å². The van der Waals surface area contributed by atoms with Crippen LogP contribution in [0, 0.1) is 18.3 Å². The molecule has 28 heavy (non-hydrogen) atoms. The largest absolute Gasteiger partial charge is 0.353 e. The van der Waals surface area contributed by atoms with Gasteiger partial charge in [0.1, 0.15) is 0 Å². The third kappa shape index (κ3) is 3.96. The van der Waals surface area contributed by atoms with Gasteiger partial charge in [0.25, 0.3) is 0 Å². The van der Waals surface area contributed by atoms with E-state index in [4.69, 9.17) is 0 Å². The van der Waals surface area contributed by atoms with Gasteiger partial charge in [0.15, 0.2) is 11.6 Å². The molecule has 0 spiro atoms. The molecular weight excluding hydrogens is 388 g/mol. The van der Waals surface area contributed by atoms with Gasteiger partial charge in [0.2, 0.25) is 0 Å². The number of carbonyl (C=O) groups excluding carboxylic acids is 2. The Morgan fingerprint density at radius 2 is 1.93 bits per heavy atom. The molecule has 6 heteroatoms. The van der Waals surface area contributed by atoms with Crippen molar-refractivity contribution >= 4 is 34.7 Å². The van der Waals surface area contributed by atoms with Crippen molar-refractivity contribution < 1.29 is 9.59 Å². The molecule has 0 amide bonds. The number of thiophene rings is 1. The molecule has 1 aliphatic heterocycles. The molecule has 0 radical (unpaired) electrons. The summed E-state index contributed by atoms with van der Waals surface area (Å²) in [4.78, 5) is 25.8. The lowest BCUT2D eigenvalue weighted by Crippen LogP contribution is -2.27. The standard InChI is InChI=1S/C22H20N2O2S2/c1-13-9-10-27-21(13)20-17(11-23)22(24-14(2)19(20)15(3)25)28-12-18(26)16-7-5-4-6-8-16/h4-10,20,24H,12H2,1-3H3/t20-/m1/s1. The quantitative estimate of drug-likeness (QED) is 0.684. The lowest BCUT2D eigenvalue weighted by molar-refractivity contribution is -0.113. The number of hydrogen-bond acceptors (Lipinski definition) is 6. The highest BCUT2D eigenvalue weighted by atomic mass is 32.2. The summed E-state index contributed by atoms with van der Waals surface area (Å²) in [6.45, 7) is 5.37. The molecule has 2 aromatic rings.